The summed E-state index contributed by atoms with van der Waals surface area (Å²) in [6.07, 6.45) is 1.82. The van der Waals surface area contributed by atoms with Gasteiger partial charge in [-0.15, -0.1) is 0 Å². The number of carbonyl (C=O) groups is 1. The molecule has 0 bridgehead atoms. The number of aromatic nitrogens is 1. The van der Waals surface area contributed by atoms with Crippen molar-refractivity contribution in [3.05, 3.63) is 41.0 Å². The maximum Gasteiger partial charge on any atom is 0.216 e. The van der Waals surface area contributed by atoms with Gasteiger partial charge in [-0.2, -0.15) is 0 Å². The molecule has 1 atom stereocenters. The van der Waals surface area contributed by atoms with Gasteiger partial charge in [-0.3, -0.25) is 14.7 Å². The van der Waals surface area contributed by atoms with E-state index in [0.29, 0.717) is 13.2 Å². The summed E-state index contributed by atoms with van der Waals surface area (Å²) in [5.74, 6) is -0.0317. The zero-order chi connectivity index (χ0) is 16.2. The van der Waals surface area contributed by atoms with E-state index in [1.165, 1.54) is 6.92 Å². The highest BCUT2D eigenvalue weighted by molar-refractivity contribution is 6.31. The number of morpholine rings is 1. The fraction of sp³-hybridized carbons (Fsp3) is 0.412. The van der Waals surface area contributed by atoms with E-state index in [2.05, 4.69) is 15.2 Å². The van der Waals surface area contributed by atoms with E-state index in [-0.39, 0.29) is 12.0 Å². The fourth-order valence-electron chi connectivity index (χ4n) is 2.89. The monoisotopic (exact) mass is 333 g/mol. The van der Waals surface area contributed by atoms with Crippen LogP contribution in [0, 0.1) is 0 Å². The zero-order valence-electron chi connectivity index (χ0n) is 13.1. The number of nitrogens with one attached hydrogen (secondary N) is 1. The van der Waals surface area contributed by atoms with Crippen LogP contribution in [0.4, 0.5) is 0 Å². The largest absolute Gasteiger partial charge is 0.374 e. The van der Waals surface area contributed by atoms with Crippen LogP contribution in [-0.2, 0) is 16.1 Å². The van der Waals surface area contributed by atoms with Crippen molar-refractivity contribution < 1.29 is 9.53 Å². The van der Waals surface area contributed by atoms with Crippen LogP contribution in [0.25, 0.3) is 10.9 Å². The predicted molar refractivity (Wildman–Crippen MR) is 90.5 cm³/mol. The maximum absolute atomic E-state index is 11.0. The van der Waals surface area contributed by atoms with E-state index in [4.69, 9.17) is 16.3 Å². The van der Waals surface area contributed by atoms with E-state index in [1.807, 2.05) is 24.3 Å². The van der Waals surface area contributed by atoms with Crippen LogP contribution >= 0.6 is 11.6 Å². The van der Waals surface area contributed by atoms with Crippen LogP contribution in [-0.4, -0.2) is 48.1 Å². The van der Waals surface area contributed by atoms with Crippen molar-refractivity contribution in [2.24, 2.45) is 0 Å². The first-order chi connectivity index (χ1) is 11.1. The number of hydrogen-bond donors (Lipinski definition) is 1. The lowest BCUT2D eigenvalue weighted by molar-refractivity contribution is -0.120. The molecule has 1 fully saturated rings. The van der Waals surface area contributed by atoms with Crippen LogP contribution in [0.2, 0.25) is 5.02 Å². The van der Waals surface area contributed by atoms with E-state index in [9.17, 15) is 4.79 Å². The number of nitrogens with zero attached hydrogens (tertiary/aromatic N) is 2. The van der Waals surface area contributed by atoms with Gasteiger partial charge in [0.1, 0.15) is 0 Å². The average molecular weight is 334 g/mol. The Hall–Kier alpha value is -1.69. The Morgan fingerprint density at radius 3 is 3.22 bits per heavy atom. The van der Waals surface area contributed by atoms with Crippen LogP contribution in [0.3, 0.4) is 0 Å². The zero-order valence-corrected chi connectivity index (χ0v) is 13.8. The molecule has 0 aliphatic carbocycles. The smallest absolute Gasteiger partial charge is 0.216 e. The van der Waals surface area contributed by atoms with E-state index >= 15 is 0 Å². The summed E-state index contributed by atoms with van der Waals surface area (Å²) in [7, 11) is 0. The normalized spacial score (nSPS) is 19.0. The van der Waals surface area contributed by atoms with Gasteiger partial charge in [0.15, 0.2) is 0 Å². The molecular formula is C17H20ClN3O2. The van der Waals surface area contributed by atoms with Crippen molar-refractivity contribution in [2.75, 3.05) is 26.2 Å². The van der Waals surface area contributed by atoms with Crippen LogP contribution in [0.1, 0.15) is 12.5 Å². The third-order valence-corrected chi connectivity index (χ3v) is 4.16. The molecule has 1 aromatic carbocycles. The van der Waals surface area contributed by atoms with Crippen LogP contribution in [0.15, 0.2) is 30.5 Å². The molecular weight excluding hydrogens is 314 g/mol. The maximum atomic E-state index is 11.0. The molecule has 0 spiro atoms. The van der Waals surface area contributed by atoms with Gasteiger partial charge in [0, 0.05) is 49.7 Å². The van der Waals surface area contributed by atoms with Gasteiger partial charge in [0.2, 0.25) is 5.91 Å². The number of hydrogen-bond acceptors (Lipinski definition) is 4. The molecule has 1 saturated heterocycles. The summed E-state index contributed by atoms with van der Waals surface area (Å²) < 4.78 is 5.71. The Morgan fingerprint density at radius 1 is 1.52 bits per heavy atom. The number of ether oxygens (including phenoxy) is 1. The number of pyridine rings is 1. The van der Waals surface area contributed by atoms with E-state index < -0.39 is 0 Å². The fourth-order valence-corrected chi connectivity index (χ4v) is 3.14. The molecule has 2 heterocycles. The molecule has 1 aliphatic rings. The second kappa shape index (κ2) is 7.25. The number of rotatable bonds is 4. The Kier molecular flexibility index (Phi) is 5.10. The first kappa shape index (κ1) is 16.2. The second-order valence-corrected chi connectivity index (χ2v) is 6.24. The number of halogens is 1. The molecule has 6 heteroatoms. The summed E-state index contributed by atoms with van der Waals surface area (Å²) in [6.45, 7) is 5.13. The molecule has 0 saturated carbocycles. The lowest BCUT2D eigenvalue weighted by Gasteiger charge is -2.33. The standard InChI is InChI=1S/C17H20ClN3O2/c1-12(22)20-9-16-11-21(5-6-23-16)10-14-8-15(18)7-13-3-2-4-19-17(13)14/h2-4,7-8,16H,5-6,9-11H2,1H3,(H,20,22). The molecule has 1 aromatic heterocycles. The minimum atomic E-state index is -0.0317. The molecule has 23 heavy (non-hydrogen) atoms. The lowest BCUT2D eigenvalue weighted by atomic mass is 10.1. The molecule has 0 radical (unpaired) electrons. The summed E-state index contributed by atoms with van der Waals surface area (Å²) in [5, 5.41) is 4.59. The van der Waals surface area contributed by atoms with E-state index in [1.54, 1.807) is 6.20 Å². The minimum Gasteiger partial charge on any atom is -0.374 e. The second-order valence-electron chi connectivity index (χ2n) is 5.81. The van der Waals surface area contributed by atoms with Crippen molar-refractivity contribution in [3.8, 4) is 0 Å². The number of benzene rings is 1. The first-order valence-electron chi connectivity index (χ1n) is 7.73. The van der Waals surface area contributed by atoms with Crippen molar-refractivity contribution >= 4 is 28.4 Å². The van der Waals surface area contributed by atoms with Crippen LogP contribution < -0.4 is 5.32 Å². The van der Waals surface area contributed by atoms with Gasteiger partial charge in [0.25, 0.3) is 0 Å². The highest BCUT2D eigenvalue weighted by Crippen LogP contribution is 2.24. The van der Waals surface area contributed by atoms with Crippen molar-refractivity contribution in [3.63, 3.8) is 0 Å². The van der Waals surface area contributed by atoms with Gasteiger partial charge >= 0.3 is 0 Å². The van der Waals surface area contributed by atoms with Crippen LogP contribution in [0.5, 0.6) is 0 Å². The molecule has 2 aromatic rings. The SMILES string of the molecule is CC(=O)NCC1CN(Cc2cc(Cl)cc3cccnc23)CCO1. The summed E-state index contributed by atoms with van der Waals surface area (Å²) in [5.41, 5.74) is 2.11. The molecule has 1 unspecified atom stereocenters. The van der Waals surface area contributed by atoms with Gasteiger partial charge in [-0.25, -0.2) is 0 Å². The number of amides is 1. The number of carbonyl (C=O) groups excluding carboxylic acids is 1. The summed E-state index contributed by atoms with van der Waals surface area (Å²) >= 11 is 6.24. The third-order valence-electron chi connectivity index (χ3n) is 3.94. The highest BCUT2D eigenvalue weighted by Gasteiger charge is 2.21. The molecule has 1 N–H and O–H groups in total. The molecule has 1 aliphatic heterocycles. The van der Waals surface area contributed by atoms with Gasteiger partial charge < -0.3 is 10.1 Å². The van der Waals surface area contributed by atoms with E-state index in [0.717, 1.165) is 41.1 Å². The topological polar surface area (TPSA) is 54.5 Å². The van der Waals surface area contributed by atoms with Crippen molar-refractivity contribution in [1.29, 1.82) is 0 Å². The van der Waals surface area contributed by atoms with Gasteiger partial charge in [-0.05, 0) is 23.8 Å². The first-order valence-corrected chi connectivity index (χ1v) is 8.11. The summed E-state index contributed by atoms with van der Waals surface area (Å²) in [4.78, 5) is 17.8. The minimum absolute atomic E-state index is 0.0195. The molecule has 1 amide bonds. The van der Waals surface area contributed by atoms with Crippen molar-refractivity contribution in [2.45, 2.75) is 19.6 Å². The quantitative estimate of drug-likeness (QED) is 0.932. The van der Waals surface area contributed by atoms with Crippen molar-refractivity contribution in [1.82, 2.24) is 15.2 Å². The molecule has 122 valence electrons. The third kappa shape index (κ3) is 4.19. The predicted octanol–water partition coefficient (Wildman–Crippen LogP) is 2.23. The highest BCUT2D eigenvalue weighted by atomic mass is 35.5. The lowest BCUT2D eigenvalue weighted by Crippen LogP contribution is -2.46. The Balaban J connectivity index is 1.72. The summed E-state index contributed by atoms with van der Waals surface area (Å²) in [6, 6.07) is 7.86. The average Bonchev–Trinajstić information content (AvgIpc) is 2.53. The van der Waals surface area contributed by atoms with Gasteiger partial charge in [0.05, 0.1) is 18.2 Å². The Morgan fingerprint density at radius 2 is 2.39 bits per heavy atom. The molecule has 5 nitrogen and oxygen atoms in total. The Bertz CT molecular complexity index is 707. The Labute approximate surface area is 140 Å². The molecule has 3 rings (SSSR count). The van der Waals surface area contributed by atoms with Gasteiger partial charge in [-0.1, -0.05) is 17.7 Å². The number of fused-ring (bicyclic) bond motifs is 1.